The molecule has 5 nitrogen and oxygen atoms in total. The summed E-state index contributed by atoms with van der Waals surface area (Å²) < 4.78 is 0. The van der Waals surface area contributed by atoms with E-state index in [-0.39, 0.29) is 11.6 Å². The van der Waals surface area contributed by atoms with E-state index in [0.29, 0.717) is 11.1 Å². The normalized spacial score (nSPS) is 12.1. The minimum absolute atomic E-state index is 0.0591. The highest BCUT2D eigenvalue weighted by atomic mass is 16.1. The van der Waals surface area contributed by atoms with Gasteiger partial charge in [0, 0.05) is 23.2 Å². The Bertz CT molecular complexity index is 620. The largest absolute Gasteiger partial charge is 0.383 e. The number of anilines is 1. The standard InChI is InChI=1S/C13H13N3O2/c1-8(10-7-15-13(18)16-12(10)14)11(17)9-5-3-2-4-6-9/h2-8H,1H3,(H3,14,15,16,18). The first-order chi connectivity index (χ1) is 8.59. The summed E-state index contributed by atoms with van der Waals surface area (Å²) in [7, 11) is 0. The van der Waals surface area contributed by atoms with E-state index in [4.69, 9.17) is 5.73 Å². The van der Waals surface area contributed by atoms with E-state index >= 15 is 0 Å². The number of rotatable bonds is 3. The lowest BCUT2D eigenvalue weighted by atomic mass is 9.93. The Morgan fingerprint density at radius 2 is 2.00 bits per heavy atom. The summed E-state index contributed by atoms with van der Waals surface area (Å²) >= 11 is 0. The summed E-state index contributed by atoms with van der Waals surface area (Å²) in [6, 6.07) is 8.93. The van der Waals surface area contributed by atoms with Gasteiger partial charge in [0.1, 0.15) is 5.82 Å². The molecular formula is C13H13N3O2. The molecule has 0 radical (unpaired) electrons. The fraction of sp³-hybridized carbons (Fsp3) is 0.154. The van der Waals surface area contributed by atoms with E-state index in [1.165, 1.54) is 6.20 Å². The van der Waals surface area contributed by atoms with Crippen LogP contribution >= 0.6 is 0 Å². The molecule has 5 heteroatoms. The number of nitrogens with zero attached hydrogens (tertiary/aromatic N) is 1. The first kappa shape index (κ1) is 12.0. The van der Waals surface area contributed by atoms with Crippen molar-refractivity contribution in [1.29, 1.82) is 0 Å². The molecule has 0 bridgehead atoms. The molecule has 2 rings (SSSR count). The lowest BCUT2D eigenvalue weighted by molar-refractivity contribution is 0.0966. The molecule has 92 valence electrons. The molecule has 0 aliphatic rings. The lowest BCUT2D eigenvalue weighted by Gasteiger charge is -2.11. The fourth-order valence-electron chi connectivity index (χ4n) is 1.76. The second kappa shape index (κ2) is 4.83. The quantitative estimate of drug-likeness (QED) is 0.796. The van der Waals surface area contributed by atoms with E-state index in [9.17, 15) is 9.59 Å². The number of carbonyl (C=O) groups is 1. The number of benzene rings is 1. The van der Waals surface area contributed by atoms with Crippen molar-refractivity contribution < 1.29 is 4.79 Å². The van der Waals surface area contributed by atoms with Gasteiger partial charge >= 0.3 is 5.69 Å². The maximum atomic E-state index is 12.2. The topological polar surface area (TPSA) is 88.8 Å². The zero-order valence-corrected chi connectivity index (χ0v) is 9.88. The van der Waals surface area contributed by atoms with Crippen molar-refractivity contribution in [3.05, 3.63) is 58.1 Å². The van der Waals surface area contributed by atoms with Crippen molar-refractivity contribution in [3.8, 4) is 0 Å². The van der Waals surface area contributed by atoms with Crippen LogP contribution in [0.25, 0.3) is 0 Å². The Balaban J connectivity index is 2.34. The Morgan fingerprint density at radius 3 is 2.61 bits per heavy atom. The summed E-state index contributed by atoms with van der Waals surface area (Å²) in [6.07, 6.45) is 1.44. The highest BCUT2D eigenvalue weighted by Gasteiger charge is 2.19. The monoisotopic (exact) mass is 243 g/mol. The van der Waals surface area contributed by atoms with Crippen LogP contribution < -0.4 is 11.4 Å². The fourth-order valence-corrected chi connectivity index (χ4v) is 1.76. The molecular weight excluding hydrogens is 230 g/mol. The highest BCUT2D eigenvalue weighted by Crippen LogP contribution is 2.22. The number of aromatic nitrogens is 2. The highest BCUT2D eigenvalue weighted by molar-refractivity contribution is 6.01. The summed E-state index contributed by atoms with van der Waals surface area (Å²) in [5.74, 6) is -0.413. The van der Waals surface area contributed by atoms with Crippen LogP contribution in [0.1, 0.15) is 28.8 Å². The van der Waals surface area contributed by atoms with Crippen LogP contribution in [-0.4, -0.2) is 15.8 Å². The minimum atomic E-state index is -0.518. The van der Waals surface area contributed by atoms with Crippen LogP contribution in [0.3, 0.4) is 0 Å². The third kappa shape index (κ3) is 2.29. The number of nitrogens with one attached hydrogen (secondary N) is 1. The van der Waals surface area contributed by atoms with Crippen LogP contribution in [0.2, 0.25) is 0 Å². The van der Waals surface area contributed by atoms with Crippen LogP contribution in [-0.2, 0) is 0 Å². The van der Waals surface area contributed by atoms with Crippen molar-refractivity contribution >= 4 is 11.6 Å². The first-order valence-corrected chi connectivity index (χ1v) is 5.54. The Hall–Kier alpha value is -2.43. The molecule has 1 aromatic heterocycles. The van der Waals surface area contributed by atoms with Crippen LogP contribution in [0, 0.1) is 0 Å². The Kier molecular flexibility index (Phi) is 3.23. The molecule has 1 aromatic carbocycles. The number of hydrogen-bond acceptors (Lipinski definition) is 4. The molecule has 1 unspecified atom stereocenters. The number of carbonyl (C=O) groups excluding carboxylic acids is 1. The van der Waals surface area contributed by atoms with Gasteiger partial charge in [0.25, 0.3) is 0 Å². The van der Waals surface area contributed by atoms with Gasteiger partial charge < -0.3 is 10.7 Å². The Labute approximate surface area is 104 Å². The number of ketones is 1. The molecule has 0 aliphatic heterocycles. The van der Waals surface area contributed by atoms with Crippen LogP contribution in [0.15, 0.2) is 41.3 Å². The number of hydrogen-bond donors (Lipinski definition) is 2. The third-order valence-electron chi connectivity index (χ3n) is 2.79. The molecule has 1 heterocycles. The Morgan fingerprint density at radius 1 is 1.33 bits per heavy atom. The number of aromatic amines is 1. The van der Waals surface area contributed by atoms with Crippen molar-refractivity contribution in [1.82, 2.24) is 9.97 Å². The average Bonchev–Trinajstić information content (AvgIpc) is 2.38. The number of H-pyrrole nitrogens is 1. The molecule has 0 spiro atoms. The van der Waals surface area contributed by atoms with Crippen molar-refractivity contribution in [2.24, 2.45) is 0 Å². The molecule has 1 atom stereocenters. The van der Waals surface area contributed by atoms with Gasteiger partial charge in [0.05, 0.1) is 0 Å². The van der Waals surface area contributed by atoms with Crippen molar-refractivity contribution in [2.75, 3.05) is 5.73 Å². The summed E-state index contributed by atoms with van der Waals surface area (Å²) in [5.41, 5.74) is 6.27. The number of nitrogen functional groups attached to an aromatic ring is 1. The maximum Gasteiger partial charge on any atom is 0.346 e. The molecule has 18 heavy (non-hydrogen) atoms. The lowest BCUT2D eigenvalue weighted by Crippen LogP contribution is -2.18. The molecule has 0 fully saturated rings. The van der Waals surface area contributed by atoms with Gasteiger partial charge in [-0.1, -0.05) is 37.3 Å². The van der Waals surface area contributed by atoms with Crippen molar-refractivity contribution in [3.63, 3.8) is 0 Å². The first-order valence-electron chi connectivity index (χ1n) is 5.54. The van der Waals surface area contributed by atoms with Crippen molar-refractivity contribution in [2.45, 2.75) is 12.8 Å². The van der Waals surface area contributed by atoms with Crippen LogP contribution in [0.5, 0.6) is 0 Å². The third-order valence-corrected chi connectivity index (χ3v) is 2.79. The molecule has 0 saturated heterocycles. The predicted octanol–water partition coefficient (Wildman–Crippen LogP) is 1.34. The van der Waals surface area contributed by atoms with Gasteiger partial charge in [-0.2, -0.15) is 4.98 Å². The van der Waals surface area contributed by atoms with Gasteiger partial charge in [-0.05, 0) is 0 Å². The van der Waals surface area contributed by atoms with E-state index in [2.05, 4.69) is 9.97 Å². The van der Waals surface area contributed by atoms with Gasteiger partial charge in [-0.3, -0.25) is 4.79 Å². The summed E-state index contributed by atoms with van der Waals surface area (Å²) in [4.78, 5) is 29.2. The van der Waals surface area contributed by atoms with E-state index in [1.54, 1.807) is 31.2 Å². The summed E-state index contributed by atoms with van der Waals surface area (Å²) in [6.45, 7) is 1.74. The van der Waals surface area contributed by atoms with Gasteiger partial charge in [0.15, 0.2) is 5.78 Å². The minimum Gasteiger partial charge on any atom is -0.383 e. The summed E-state index contributed by atoms with van der Waals surface area (Å²) in [5, 5.41) is 0. The molecule has 0 aliphatic carbocycles. The number of Topliss-reactive ketones (excluding diaryl/α,β-unsaturated/α-hetero) is 1. The van der Waals surface area contributed by atoms with Gasteiger partial charge in [-0.25, -0.2) is 4.79 Å². The SMILES string of the molecule is CC(C(=O)c1ccccc1)c1c[nH]c(=O)nc1N. The zero-order chi connectivity index (χ0) is 13.1. The van der Waals surface area contributed by atoms with E-state index < -0.39 is 11.6 Å². The molecule has 0 saturated carbocycles. The van der Waals surface area contributed by atoms with Crippen LogP contribution in [0.4, 0.5) is 5.82 Å². The second-order valence-corrected chi connectivity index (χ2v) is 4.00. The average molecular weight is 243 g/mol. The predicted molar refractivity (Wildman–Crippen MR) is 68.5 cm³/mol. The molecule has 0 amide bonds. The van der Waals surface area contributed by atoms with Gasteiger partial charge in [0.2, 0.25) is 0 Å². The smallest absolute Gasteiger partial charge is 0.346 e. The van der Waals surface area contributed by atoms with Gasteiger partial charge in [-0.15, -0.1) is 0 Å². The number of nitrogens with two attached hydrogens (primary N) is 1. The zero-order valence-electron chi connectivity index (χ0n) is 9.88. The van der Waals surface area contributed by atoms with E-state index in [1.807, 2.05) is 6.07 Å². The molecule has 3 N–H and O–H groups in total. The molecule has 2 aromatic rings. The van der Waals surface area contributed by atoms with E-state index in [0.717, 1.165) is 0 Å². The maximum absolute atomic E-state index is 12.2. The second-order valence-electron chi connectivity index (χ2n) is 4.00.